The molecule has 2 aliphatic carbocycles. The molecule has 0 radical (unpaired) electrons. The van der Waals surface area contributed by atoms with Crippen molar-refractivity contribution >= 4 is 64.6 Å². The molecular weight excluding hydrogens is 1080 g/mol. The second-order valence-corrected chi connectivity index (χ2v) is 21.9. The van der Waals surface area contributed by atoms with Crippen molar-refractivity contribution in [3.8, 4) is 17.2 Å². The smallest absolute Gasteiger partial charge is 0.407 e. The van der Waals surface area contributed by atoms with E-state index in [1.54, 1.807) is 45.0 Å². The third kappa shape index (κ3) is 14.3. The highest BCUT2D eigenvalue weighted by molar-refractivity contribution is 6.31. The van der Waals surface area contributed by atoms with Crippen LogP contribution in [0, 0.1) is 17.8 Å². The van der Waals surface area contributed by atoms with Gasteiger partial charge < -0.3 is 71.5 Å². The molecule has 1 unspecified atom stereocenters. The van der Waals surface area contributed by atoms with Gasteiger partial charge in [0.25, 0.3) is 0 Å². The number of likely N-dealkylation sites (tertiary alicyclic amines) is 1. The van der Waals surface area contributed by atoms with Gasteiger partial charge in [0.1, 0.15) is 42.2 Å². The Bertz CT molecular complexity index is 3020. The molecular formula is C58H72N6O19. The summed E-state index contributed by atoms with van der Waals surface area (Å²) in [6, 6.07) is 7.68. The summed E-state index contributed by atoms with van der Waals surface area (Å²) in [6.07, 6.45) is -5.81. The number of hydrogen-bond donors (Lipinski definition) is 10. The number of aromatic hydroxyl groups is 2. The van der Waals surface area contributed by atoms with Crippen molar-refractivity contribution in [2.24, 2.45) is 23.5 Å². The number of methoxy groups -OCH3 is 1. The number of urea groups is 1. The maximum atomic E-state index is 14.1. The maximum absolute atomic E-state index is 14.1. The third-order valence-corrected chi connectivity index (χ3v) is 15.6. The van der Waals surface area contributed by atoms with Crippen molar-refractivity contribution in [1.29, 1.82) is 0 Å². The van der Waals surface area contributed by atoms with Crippen LogP contribution in [0.15, 0.2) is 42.5 Å². The van der Waals surface area contributed by atoms with Gasteiger partial charge in [0, 0.05) is 85.8 Å². The average molecular weight is 1160 g/mol. The number of amides is 7. The largest absolute Gasteiger partial charge is 0.507 e. The fourth-order valence-electron chi connectivity index (χ4n) is 11.1. The Morgan fingerprint density at radius 2 is 1.63 bits per heavy atom. The quantitative estimate of drug-likeness (QED) is 0.0259. The van der Waals surface area contributed by atoms with Crippen molar-refractivity contribution in [3.63, 3.8) is 0 Å². The van der Waals surface area contributed by atoms with E-state index >= 15 is 0 Å². The van der Waals surface area contributed by atoms with E-state index < -0.39 is 126 Å². The zero-order valence-corrected chi connectivity index (χ0v) is 46.8. The number of hydrogen-bond acceptors (Lipinski definition) is 19. The summed E-state index contributed by atoms with van der Waals surface area (Å²) in [7, 11) is 1.28. The number of anilines is 1. The minimum atomic E-state index is -2.42. The van der Waals surface area contributed by atoms with Crippen LogP contribution in [0.5, 0.6) is 17.2 Å². The molecule has 9 atom stereocenters. The molecule has 7 amide bonds. The molecule has 11 N–H and O–H groups in total. The Hall–Kier alpha value is -7.84. The second kappa shape index (κ2) is 27.0. The highest BCUT2D eigenvalue weighted by atomic mass is 16.7. The number of phenolic OH excluding ortho intramolecular Hbond substituents is 2. The predicted molar refractivity (Wildman–Crippen MR) is 292 cm³/mol. The minimum Gasteiger partial charge on any atom is -0.507 e. The third-order valence-electron chi connectivity index (χ3n) is 15.6. The highest BCUT2D eigenvalue weighted by Gasteiger charge is 2.51. The zero-order valence-electron chi connectivity index (χ0n) is 46.8. The molecule has 448 valence electrons. The number of nitrogens with zero attached hydrogens (tertiary/aromatic N) is 1. The van der Waals surface area contributed by atoms with E-state index in [9.17, 15) is 73.5 Å². The van der Waals surface area contributed by atoms with Gasteiger partial charge in [0.2, 0.25) is 29.4 Å². The van der Waals surface area contributed by atoms with Crippen LogP contribution in [0.1, 0.15) is 147 Å². The number of benzene rings is 3. The number of ketones is 4. The first kappa shape index (κ1) is 62.8. The van der Waals surface area contributed by atoms with Gasteiger partial charge >= 0.3 is 12.1 Å². The number of nitrogens with one attached hydrogen (secondary N) is 4. The summed E-state index contributed by atoms with van der Waals surface area (Å²) in [6.45, 7) is 5.72. The molecule has 25 heteroatoms. The number of aliphatic hydroxyl groups is 3. The number of phenols is 2. The number of aliphatic hydroxyl groups excluding tert-OH is 2. The summed E-state index contributed by atoms with van der Waals surface area (Å²) >= 11 is 0. The Morgan fingerprint density at radius 3 is 2.28 bits per heavy atom. The van der Waals surface area contributed by atoms with E-state index in [1.165, 1.54) is 37.1 Å². The van der Waals surface area contributed by atoms with Crippen molar-refractivity contribution in [2.75, 3.05) is 32.1 Å². The molecule has 2 aliphatic heterocycles. The Balaban J connectivity index is 0.955. The number of fused-ring (bicyclic) bond motifs is 3. The normalized spacial score (nSPS) is 22.6. The van der Waals surface area contributed by atoms with Gasteiger partial charge in [-0.3, -0.25) is 43.3 Å². The lowest BCUT2D eigenvalue weighted by atomic mass is 9.72. The molecule has 7 rings (SSSR count). The van der Waals surface area contributed by atoms with Crippen molar-refractivity contribution in [1.82, 2.24) is 20.9 Å². The number of Topliss-reactive ketones (excluding diaryl/α,β-unsaturated/α-hetero) is 2. The summed E-state index contributed by atoms with van der Waals surface area (Å²) in [4.78, 5) is 132. The molecule has 2 heterocycles. The number of alkyl carbamates (subject to hydrolysis) is 1. The summed E-state index contributed by atoms with van der Waals surface area (Å²) < 4.78 is 23.0. The van der Waals surface area contributed by atoms with Gasteiger partial charge in [-0.15, -0.1) is 0 Å². The molecule has 2 saturated heterocycles. The minimum absolute atomic E-state index is 0.0217. The number of imide groups is 1. The number of rotatable bonds is 25. The first-order valence-electron chi connectivity index (χ1n) is 27.6. The van der Waals surface area contributed by atoms with Crippen LogP contribution >= 0.6 is 0 Å². The van der Waals surface area contributed by atoms with E-state index in [4.69, 9.17) is 24.7 Å². The molecule has 0 saturated carbocycles. The van der Waals surface area contributed by atoms with Gasteiger partial charge in [-0.2, -0.15) is 0 Å². The van der Waals surface area contributed by atoms with Crippen LogP contribution < -0.4 is 31.7 Å². The van der Waals surface area contributed by atoms with Crippen LogP contribution in [0.3, 0.4) is 0 Å². The molecule has 0 bridgehead atoms. The molecule has 0 spiro atoms. The number of unbranched alkanes of at least 4 members (excludes halogenated alkanes) is 2. The summed E-state index contributed by atoms with van der Waals surface area (Å²) in [5.74, 6) is -7.56. The van der Waals surface area contributed by atoms with Gasteiger partial charge in [-0.25, -0.2) is 9.59 Å². The number of ether oxygens (including phenoxy) is 4. The lowest BCUT2D eigenvalue weighted by Gasteiger charge is -2.42. The molecule has 3 aromatic carbocycles. The van der Waals surface area contributed by atoms with Gasteiger partial charge in [0.15, 0.2) is 23.6 Å². The summed E-state index contributed by atoms with van der Waals surface area (Å²) in [5, 5.41) is 66.9. The first-order chi connectivity index (χ1) is 39.4. The van der Waals surface area contributed by atoms with E-state index in [1.807, 2.05) is 0 Å². The maximum Gasteiger partial charge on any atom is 0.407 e. The lowest BCUT2D eigenvalue weighted by Crippen LogP contribution is -2.56. The zero-order chi connectivity index (χ0) is 60.6. The topological polar surface area (TPSA) is 386 Å². The molecule has 83 heavy (non-hydrogen) atoms. The van der Waals surface area contributed by atoms with Crippen LogP contribution in [0.2, 0.25) is 0 Å². The van der Waals surface area contributed by atoms with E-state index in [2.05, 4.69) is 21.3 Å². The number of carbonyl (C=O) groups excluding carboxylic acids is 10. The van der Waals surface area contributed by atoms with E-state index in [-0.39, 0.29) is 115 Å². The number of nitrogens with two attached hydrogens (primary N) is 1. The fraction of sp³-hybridized carbons (Fsp3) is 0.517. The van der Waals surface area contributed by atoms with Crippen molar-refractivity contribution in [2.45, 2.75) is 147 Å². The van der Waals surface area contributed by atoms with Gasteiger partial charge in [-0.05, 0) is 62.3 Å². The van der Waals surface area contributed by atoms with Crippen LogP contribution in [0.25, 0.3) is 0 Å². The van der Waals surface area contributed by atoms with Crippen LogP contribution in [0.4, 0.5) is 15.3 Å². The first-order valence-corrected chi connectivity index (χ1v) is 27.6. The van der Waals surface area contributed by atoms with E-state index in [0.717, 1.165) is 0 Å². The SMILES string of the molecule is COc1cccc2c1C(=O)c1c(O)c3c(c(O)c1C2=O)C[C@@](O)(C(=O)CO)C[C@@H]3O[C@H]1C[C@H](NC(=O)OCc2ccc(NC(=O)[C@H](CCCNC(N)=O)CC(=O)[C@@H](NC(=O)CCCCCN3C(=O)CC(C)C3=O)C(C)C)cc2)[C@H](O)[C@H](C)O1. The Labute approximate surface area is 477 Å². The molecule has 25 nitrogen and oxygen atoms in total. The number of primary amides is 1. The lowest BCUT2D eigenvalue weighted by molar-refractivity contribution is -0.249. The second-order valence-electron chi connectivity index (χ2n) is 21.9. The molecule has 0 aromatic heterocycles. The van der Waals surface area contributed by atoms with Gasteiger partial charge in [-0.1, -0.05) is 51.5 Å². The fourth-order valence-corrected chi connectivity index (χ4v) is 11.1. The van der Waals surface area contributed by atoms with Crippen molar-refractivity contribution < 1.29 is 92.4 Å². The summed E-state index contributed by atoms with van der Waals surface area (Å²) in [5.41, 5.74) is 1.60. The monoisotopic (exact) mass is 1160 g/mol. The average Bonchev–Trinajstić information content (AvgIpc) is 1.56. The van der Waals surface area contributed by atoms with E-state index in [0.29, 0.717) is 36.9 Å². The Kier molecular flexibility index (Phi) is 20.4. The molecule has 3 aromatic rings. The number of carbonyl (C=O) groups is 10. The van der Waals surface area contributed by atoms with Gasteiger partial charge in [0.05, 0.1) is 48.1 Å². The predicted octanol–water partition coefficient (Wildman–Crippen LogP) is 3.03. The van der Waals surface area contributed by atoms with Crippen molar-refractivity contribution in [3.05, 3.63) is 81.4 Å². The van der Waals surface area contributed by atoms with Crippen LogP contribution in [-0.4, -0.2) is 152 Å². The highest BCUT2D eigenvalue weighted by Crippen LogP contribution is 2.52. The molecule has 2 fully saturated rings. The Morgan fingerprint density at radius 1 is 0.916 bits per heavy atom. The standard InChI is InChI=1S/C58H72N6O19/c1-28(2)48(63-41(68)14-7-6-8-20-64-42(69)21-29(3)55(64)76)37(66)22-32(11-10-19-60-56(59)77)54(75)61-33-17-15-31(16-18-33)27-81-57(78)62-36-23-43(82-30(4)49(36)70)83-39-25-58(79,40(67)26-65)24-35-45(39)53(74)47-46(51(35)72)50(71)34-12-9-13-38(80-5)44(34)52(47)73/h9,12-13,15-18,28-30,32,36,39,43,48-49,65,70,72,74,79H,6-8,10-11,14,19-27H2,1-5H3,(H,61,75)(H,62,78)(H,63,68)(H3,59,60,77)/t29?,30-,32+,36-,39-,43-,48-,49+,58-/m0/s1. The van der Waals surface area contributed by atoms with Crippen LogP contribution in [-0.2, 0) is 56.0 Å². The molecule has 4 aliphatic rings.